The van der Waals surface area contributed by atoms with Gasteiger partial charge in [0.15, 0.2) is 0 Å². The Labute approximate surface area is 207 Å². The smallest absolute Gasteiger partial charge is 0.226 e. The monoisotopic (exact) mass is 490 g/mol. The van der Waals surface area contributed by atoms with Crippen molar-refractivity contribution < 1.29 is 9.18 Å². The van der Waals surface area contributed by atoms with E-state index in [-0.39, 0.29) is 11.7 Å². The van der Waals surface area contributed by atoms with E-state index >= 15 is 0 Å². The first kappa shape index (κ1) is 23.2. The van der Waals surface area contributed by atoms with Gasteiger partial charge in [0, 0.05) is 61.5 Å². The number of likely N-dealkylation sites (N-methyl/N-ethyl adjacent to an activating group) is 1. The van der Waals surface area contributed by atoms with Gasteiger partial charge in [-0.3, -0.25) is 4.79 Å². The van der Waals surface area contributed by atoms with Crippen molar-refractivity contribution >= 4 is 44.7 Å². The van der Waals surface area contributed by atoms with E-state index in [1.807, 2.05) is 17.5 Å². The fraction of sp³-hybridized carbons (Fsp3) is 0.269. The first-order valence-electron chi connectivity index (χ1n) is 11.6. The molecular weight excluding hydrogens is 463 g/mol. The summed E-state index contributed by atoms with van der Waals surface area (Å²) >= 11 is 1.51. The highest BCUT2D eigenvalue weighted by Crippen LogP contribution is 2.36. The molecule has 180 valence electrons. The predicted molar refractivity (Wildman–Crippen MR) is 141 cm³/mol. The van der Waals surface area contributed by atoms with Crippen molar-refractivity contribution in [3.05, 3.63) is 66.1 Å². The van der Waals surface area contributed by atoms with Gasteiger partial charge in [-0.1, -0.05) is 12.1 Å². The molecule has 0 unspecified atom stereocenters. The number of carbonyl (C=O) groups excluding carboxylic acids is 1. The van der Waals surface area contributed by atoms with Gasteiger partial charge in [-0.05, 0) is 49.0 Å². The summed E-state index contributed by atoms with van der Waals surface area (Å²) < 4.78 is 13.4. The lowest BCUT2D eigenvalue weighted by Crippen LogP contribution is -2.44. The summed E-state index contributed by atoms with van der Waals surface area (Å²) in [6, 6.07) is 14.4. The Kier molecular flexibility index (Phi) is 6.87. The molecule has 9 heteroatoms. The number of fused-ring (bicyclic) bond motifs is 1. The van der Waals surface area contributed by atoms with Gasteiger partial charge < -0.3 is 20.4 Å². The van der Waals surface area contributed by atoms with Gasteiger partial charge in [0.25, 0.3) is 0 Å². The number of piperazine rings is 1. The number of halogens is 1. The second kappa shape index (κ2) is 10.4. The Morgan fingerprint density at radius 2 is 1.77 bits per heavy atom. The third-order valence-corrected chi connectivity index (χ3v) is 7.08. The lowest BCUT2D eigenvalue weighted by Gasteiger charge is -2.34. The van der Waals surface area contributed by atoms with Crippen LogP contribution in [0.25, 0.3) is 21.3 Å². The number of amides is 1. The summed E-state index contributed by atoms with van der Waals surface area (Å²) in [5, 5.41) is 9.12. The summed E-state index contributed by atoms with van der Waals surface area (Å²) in [7, 11) is 2.14. The lowest BCUT2D eigenvalue weighted by molar-refractivity contribution is -0.115. The van der Waals surface area contributed by atoms with Crippen molar-refractivity contribution in [3.8, 4) is 11.1 Å². The highest BCUT2D eigenvalue weighted by atomic mass is 32.1. The number of carbonyl (C=O) groups is 1. The Hall–Kier alpha value is -3.56. The number of hydrogen-bond acceptors (Lipinski definition) is 7. The maximum atomic E-state index is 13.4. The van der Waals surface area contributed by atoms with Crippen molar-refractivity contribution in [1.29, 1.82) is 0 Å². The maximum absolute atomic E-state index is 13.4. The molecule has 35 heavy (non-hydrogen) atoms. The molecule has 2 aromatic heterocycles. The standard InChI is InChI=1S/C26H27FN6OS/c1-32-12-14-33(15-13-32)21-8-6-20(7-9-21)31-23(34)10-11-28-25-24-22(16-35-26(24)30-17-29-25)18-2-4-19(27)5-3-18/h2-9,16-17H,10-15H2,1H3,(H,31,34)(H,28,29,30). The van der Waals surface area contributed by atoms with Crippen molar-refractivity contribution in [2.75, 3.05) is 55.3 Å². The van der Waals surface area contributed by atoms with E-state index in [0.29, 0.717) is 18.8 Å². The maximum Gasteiger partial charge on any atom is 0.226 e. The second-order valence-electron chi connectivity index (χ2n) is 8.62. The summed E-state index contributed by atoms with van der Waals surface area (Å²) in [4.78, 5) is 26.8. The molecule has 3 heterocycles. The SMILES string of the molecule is CN1CCN(c2ccc(NC(=O)CCNc3ncnc4scc(-c5ccc(F)cc5)c34)cc2)CC1. The number of rotatable bonds is 7. The van der Waals surface area contributed by atoms with Crippen LogP contribution in [0.1, 0.15) is 6.42 Å². The van der Waals surface area contributed by atoms with E-state index in [9.17, 15) is 9.18 Å². The van der Waals surface area contributed by atoms with E-state index < -0.39 is 0 Å². The number of anilines is 3. The highest BCUT2D eigenvalue weighted by molar-refractivity contribution is 7.17. The van der Waals surface area contributed by atoms with Crippen LogP contribution in [0.3, 0.4) is 0 Å². The minimum Gasteiger partial charge on any atom is -0.369 e. The van der Waals surface area contributed by atoms with E-state index in [4.69, 9.17) is 0 Å². The van der Waals surface area contributed by atoms with Gasteiger partial charge in [0.1, 0.15) is 22.8 Å². The van der Waals surface area contributed by atoms with Crippen molar-refractivity contribution in [2.24, 2.45) is 0 Å². The zero-order valence-electron chi connectivity index (χ0n) is 19.5. The number of benzene rings is 2. The number of nitrogens with one attached hydrogen (secondary N) is 2. The summed E-state index contributed by atoms with van der Waals surface area (Å²) in [5.41, 5.74) is 3.80. The quantitative estimate of drug-likeness (QED) is 0.392. The molecule has 1 amide bonds. The van der Waals surface area contributed by atoms with E-state index in [0.717, 1.165) is 53.2 Å². The summed E-state index contributed by atoms with van der Waals surface area (Å²) in [6.45, 7) is 4.56. The molecule has 0 saturated carbocycles. The average Bonchev–Trinajstić information content (AvgIpc) is 3.31. The third kappa shape index (κ3) is 5.41. The minimum atomic E-state index is -0.275. The average molecular weight is 491 g/mol. The third-order valence-electron chi connectivity index (χ3n) is 6.19. The largest absolute Gasteiger partial charge is 0.369 e. The Bertz CT molecular complexity index is 1300. The number of nitrogens with zero attached hydrogens (tertiary/aromatic N) is 4. The van der Waals surface area contributed by atoms with E-state index in [1.54, 1.807) is 12.1 Å². The number of thiophene rings is 1. The number of aromatic nitrogens is 2. The topological polar surface area (TPSA) is 73.4 Å². The number of hydrogen-bond donors (Lipinski definition) is 2. The zero-order valence-corrected chi connectivity index (χ0v) is 20.3. The molecule has 0 bridgehead atoms. The van der Waals surface area contributed by atoms with E-state index in [1.165, 1.54) is 35.5 Å². The first-order chi connectivity index (χ1) is 17.1. The van der Waals surface area contributed by atoms with Gasteiger partial charge >= 0.3 is 0 Å². The highest BCUT2D eigenvalue weighted by Gasteiger charge is 2.15. The fourth-order valence-corrected chi connectivity index (χ4v) is 5.11. The van der Waals surface area contributed by atoms with Gasteiger partial charge in [-0.25, -0.2) is 14.4 Å². The van der Waals surface area contributed by atoms with Crippen LogP contribution < -0.4 is 15.5 Å². The first-order valence-corrected chi connectivity index (χ1v) is 12.5. The molecule has 5 rings (SSSR count). The molecule has 7 nitrogen and oxygen atoms in total. The van der Waals surface area contributed by atoms with Crippen LogP contribution in [0, 0.1) is 5.82 Å². The summed E-state index contributed by atoms with van der Waals surface area (Å²) in [6.07, 6.45) is 1.80. The van der Waals surface area contributed by atoms with Crippen molar-refractivity contribution in [1.82, 2.24) is 14.9 Å². The molecule has 0 atom stereocenters. The second-order valence-corrected chi connectivity index (χ2v) is 9.48. The van der Waals surface area contributed by atoms with Crippen LogP contribution in [0.15, 0.2) is 60.2 Å². The molecule has 1 aliphatic heterocycles. The zero-order chi connectivity index (χ0) is 24.2. The molecule has 2 aromatic carbocycles. The molecule has 0 spiro atoms. The minimum absolute atomic E-state index is 0.0702. The van der Waals surface area contributed by atoms with Gasteiger partial charge in [-0.2, -0.15) is 0 Å². The van der Waals surface area contributed by atoms with Gasteiger partial charge in [0.2, 0.25) is 5.91 Å². The van der Waals surface area contributed by atoms with Crippen LogP contribution in [-0.2, 0) is 4.79 Å². The van der Waals surface area contributed by atoms with Crippen molar-refractivity contribution in [2.45, 2.75) is 6.42 Å². The molecule has 2 N–H and O–H groups in total. The molecule has 4 aromatic rings. The predicted octanol–water partition coefficient (Wildman–Crippen LogP) is 4.69. The molecule has 1 aliphatic rings. The molecular formula is C26H27FN6OS. The molecule has 0 aliphatic carbocycles. The normalized spacial score (nSPS) is 14.3. The van der Waals surface area contributed by atoms with Gasteiger partial charge in [0.05, 0.1) is 5.39 Å². The van der Waals surface area contributed by atoms with Crippen molar-refractivity contribution in [3.63, 3.8) is 0 Å². The van der Waals surface area contributed by atoms with Crippen LogP contribution in [0.4, 0.5) is 21.6 Å². The Morgan fingerprint density at radius 3 is 2.51 bits per heavy atom. The van der Waals surface area contributed by atoms with Crippen LogP contribution in [0.2, 0.25) is 0 Å². The lowest BCUT2D eigenvalue weighted by atomic mass is 10.1. The van der Waals surface area contributed by atoms with E-state index in [2.05, 4.69) is 49.6 Å². The van der Waals surface area contributed by atoms with Gasteiger partial charge in [-0.15, -0.1) is 11.3 Å². The fourth-order valence-electron chi connectivity index (χ4n) is 4.19. The summed E-state index contributed by atoms with van der Waals surface area (Å²) in [5.74, 6) is 0.321. The Balaban J connectivity index is 1.19. The van der Waals surface area contributed by atoms with Crippen LogP contribution in [-0.4, -0.2) is 60.5 Å². The van der Waals surface area contributed by atoms with Crippen LogP contribution >= 0.6 is 11.3 Å². The Morgan fingerprint density at radius 1 is 1.03 bits per heavy atom. The van der Waals surface area contributed by atoms with Crippen LogP contribution in [0.5, 0.6) is 0 Å². The molecule has 1 fully saturated rings. The molecule has 0 radical (unpaired) electrons. The molecule has 1 saturated heterocycles.